The fourth-order valence-electron chi connectivity index (χ4n) is 1.08. The summed E-state index contributed by atoms with van der Waals surface area (Å²) in [5.74, 6) is 0.167. The van der Waals surface area contributed by atoms with Crippen LogP contribution in [0.3, 0.4) is 0 Å². The van der Waals surface area contributed by atoms with Crippen LogP contribution in [-0.4, -0.2) is 30.7 Å². The van der Waals surface area contributed by atoms with Crippen LogP contribution in [0.2, 0.25) is 0 Å². The molecular weight excluding hydrogens is 208 g/mol. The van der Waals surface area contributed by atoms with Gasteiger partial charge in [-0.2, -0.15) is 0 Å². The lowest BCUT2D eigenvalue weighted by atomic mass is 10.4. The fourth-order valence-corrected chi connectivity index (χ4v) is 1.08. The fraction of sp³-hybridized carbons (Fsp3) is 0.455. The molecule has 0 saturated heterocycles. The van der Waals surface area contributed by atoms with Gasteiger partial charge in [-0.25, -0.2) is 4.98 Å². The molecule has 0 spiro atoms. The SMILES string of the molecule is COc1ncccc1NC(=O)COC(C)C. The number of amides is 1. The number of nitrogens with zero attached hydrogens (tertiary/aromatic N) is 1. The highest BCUT2D eigenvalue weighted by atomic mass is 16.5. The molecule has 1 heterocycles. The molecular formula is C11H16N2O3. The van der Waals surface area contributed by atoms with Crippen LogP contribution < -0.4 is 10.1 Å². The summed E-state index contributed by atoms with van der Waals surface area (Å²) >= 11 is 0. The first-order valence-electron chi connectivity index (χ1n) is 5.04. The lowest BCUT2D eigenvalue weighted by Gasteiger charge is -2.10. The second-order valence-electron chi connectivity index (χ2n) is 3.47. The summed E-state index contributed by atoms with van der Waals surface area (Å²) < 4.78 is 10.2. The molecule has 0 atom stereocenters. The molecule has 0 fully saturated rings. The Balaban J connectivity index is 2.55. The highest BCUT2D eigenvalue weighted by molar-refractivity contribution is 5.92. The largest absolute Gasteiger partial charge is 0.480 e. The first-order chi connectivity index (χ1) is 7.63. The molecule has 5 heteroatoms. The monoisotopic (exact) mass is 224 g/mol. The summed E-state index contributed by atoms with van der Waals surface area (Å²) in [5, 5.41) is 2.67. The van der Waals surface area contributed by atoms with E-state index >= 15 is 0 Å². The van der Waals surface area contributed by atoms with Gasteiger partial charge in [0.25, 0.3) is 5.91 Å². The molecule has 0 aliphatic heterocycles. The van der Waals surface area contributed by atoms with Crippen molar-refractivity contribution in [3.8, 4) is 5.88 Å². The minimum absolute atomic E-state index is 0.0235. The Hall–Kier alpha value is -1.62. The average Bonchev–Trinajstić information content (AvgIpc) is 2.27. The van der Waals surface area contributed by atoms with Gasteiger partial charge >= 0.3 is 0 Å². The predicted octanol–water partition coefficient (Wildman–Crippen LogP) is 1.45. The summed E-state index contributed by atoms with van der Waals surface area (Å²) in [6.07, 6.45) is 1.63. The second-order valence-corrected chi connectivity index (χ2v) is 3.47. The molecule has 0 bridgehead atoms. The molecule has 5 nitrogen and oxygen atoms in total. The molecule has 88 valence electrons. The van der Waals surface area contributed by atoms with E-state index in [0.29, 0.717) is 11.6 Å². The number of hydrogen-bond acceptors (Lipinski definition) is 4. The molecule has 1 amide bonds. The van der Waals surface area contributed by atoms with Crippen molar-refractivity contribution >= 4 is 11.6 Å². The van der Waals surface area contributed by atoms with Crippen molar-refractivity contribution in [2.45, 2.75) is 20.0 Å². The molecule has 0 aliphatic rings. The van der Waals surface area contributed by atoms with Crippen molar-refractivity contribution in [3.63, 3.8) is 0 Å². The zero-order valence-electron chi connectivity index (χ0n) is 9.69. The van der Waals surface area contributed by atoms with Gasteiger partial charge in [-0.1, -0.05) is 0 Å². The van der Waals surface area contributed by atoms with E-state index in [1.165, 1.54) is 7.11 Å². The lowest BCUT2D eigenvalue weighted by molar-refractivity contribution is -0.121. The number of nitrogens with one attached hydrogen (secondary N) is 1. The van der Waals surface area contributed by atoms with Crippen molar-refractivity contribution in [2.75, 3.05) is 19.0 Å². The van der Waals surface area contributed by atoms with Gasteiger partial charge in [0, 0.05) is 6.20 Å². The Labute approximate surface area is 94.8 Å². The number of pyridine rings is 1. The van der Waals surface area contributed by atoms with Gasteiger partial charge in [0.1, 0.15) is 12.3 Å². The molecule has 1 rings (SSSR count). The molecule has 0 aromatic carbocycles. The summed E-state index contributed by atoms with van der Waals surface area (Å²) in [4.78, 5) is 15.4. The van der Waals surface area contributed by atoms with E-state index in [1.54, 1.807) is 18.3 Å². The van der Waals surface area contributed by atoms with E-state index in [2.05, 4.69) is 10.3 Å². The summed E-state index contributed by atoms with van der Waals surface area (Å²) in [6.45, 7) is 3.77. The number of rotatable bonds is 5. The zero-order chi connectivity index (χ0) is 12.0. The van der Waals surface area contributed by atoms with E-state index < -0.39 is 0 Å². The molecule has 1 aromatic heterocycles. The maximum absolute atomic E-state index is 11.5. The van der Waals surface area contributed by atoms with Crippen molar-refractivity contribution in [1.29, 1.82) is 0 Å². The number of carbonyl (C=O) groups excluding carboxylic acids is 1. The van der Waals surface area contributed by atoms with Gasteiger partial charge in [-0.3, -0.25) is 4.79 Å². The van der Waals surface area contributed by atoms with Crippen molar-refractivity contribution in [3.05, 3.63) is 18.3 Å². The molecule has 0 unspecified atom stereocenters. The first-order valence-corrected chi connectivity index (χ1v) is 5.04. The lowest BCUT2D eigenvalue weighted by Crippen LogP contribution is -2.21. The van der Waals surface area contributed by atoms with Gasteiger partial charge in [0.05, 0.1) is 13.2 Å². The minimum Gasteiger partial charge on any atom is -0.480 e. The number of ether oxygens (including phenoxy) is 2. The Morgan fingerprint density at radius 3 is 2.94 bits per heavy atom. The zero-order valence-corrected chi connectivity index (χ0v) is 9.69. The van der Waals surface area contributed by atoms with Crippen LogP contribution in [0, 0.1) is 0 Å². The summed E-state index contributed by atoms with van der Waals surface area (Å²) in [5.41, 5.74) is 0.544. The third kappa shape index (κ3) is 3.86. The minimum atomic E-state index is -0.222. The van der Waals surface area contributed by atoms with E-state index in [9.17, 15) is 4.79 Å². The second kappa shape index (κ2) is 6.07. The number of hydrogen-bond donors (Lipinski definition) is 1. The normalized spacial score (nSPS) is 10.2. The molecule has 16 heavy (non-hydrogen) atoms. The first kappa shape index (κ1) is 12.4. The van der Waals surface area contributed by atoms with Crippen molar-refractivity contribution in [2.24, 2.45) is 0 Å². The van der Waals surface area contributed by atoms with Crippen LogP contribution in [-0.2, 0) is 9.53 Å². The average molecular weight is 224 g/mol. The predicted molar refractivity (Wildman–Crippen MR) is 60.5 cm³/mol. The standard InChI is InChI=1S/C11H16N2O3/c1-8(2)16-7-10(14)13-9-5-4-6-12-11(9)15-3/h4-6,8H,7H2,1-3H3,(H,13,14). The number of aromatic nitrogens is 1. The Morgan fingerprint density at radius 1 is 1.56 bits per heavy atom. The van der Waals surface area contributed by atoms with E-state index in [-0.39, 0.29) is 18.6 Å². The highest BCUT2D eigenvalue weighted by Crippen LogP contribution is 2.19. The molecule has 0 radical (unpaired) electrons. The maximum Gasteiger partial charge on any atom is 0.250 e. The van der Waals surface area contributed by atoms with Gasteiger partial charge in [-0.05, 0) is 26.0 Å². The van der Waals surface area contributed by atoms with Gasteiger partial charge in [0.2, 0.25) is 5.88 Å². The molecule has 1 aromatic rings. The summed E-state index contributed by atoms with van der Waals surface area (Å²) in [6, 6.07) is 3.44. The van der Waals surface area contributed by atoms with Crippen LogP contribution in [0.5, 0.6) is 5.88 Å². The number of carbonyl (C=O) groups is 1. The van der Waals surface area contributed by atoms with Crippen LogP contribution in [0.1, 0.15) is 13.8 Å². The smallest absolute Gasteiger partial charge is 0.250 e. The third-order valence-corrected chi connectivity index (χ3v) is 1.79. The third-order valence-electron chi connectivity index (χ3n) is 1.79. The Bertz CT molecular complexity index is 353. The van der Waals surface area contributed by atoms with Crippen LogP contribution in [0.4, 0.5) is 5.69 Å². The number of methoxy groups -OCH3 is 1. The van der Waals surface area contributed by atoms with E-state index in [4.69, 9.17) is 9.47 Å². The van der Waals surface area contributed by atoms with Gasteiger partial charge < -0.3 is 14.8 Å². The maximum atomic E-state index is 11.5. The summed E-state index contributed by atoms with van der Waals surface area (Å²) in [7, 11) is 1.50. The quantitative estimate of drug-likeness (QED) is 0.822. The van der Waals surface area contributed by atoms with E-state index in [0.717, 1.165) is 0 Å². The molecule has 0 saturated carbocycles. The van der Waals surface area contributed by atoms with Crippen LogP contribution >= 0.6 is 0 Å². The van der Waals surface area contributed by atoms with Gasteiger partial charge in [-0.15, -0.1) is 0 Å². The number of anilines is 1. The molecule has 1 N–H and O–H groups in total. The van der Waals surface area contributed by atoms with Gasteiger partial charge in [0.15, 0.2) is 0 Å². The van der Waals surface area contributed by atoms with Crippen molar-refractivity contribution < 1.29 is 14.3 Å². The Kier molecular flexibility index (Phi) is 4.72. The Morgan fingerprint density at radius 2 is 2.31 bits per heavy atom. The highest BCUT2D eigenvalue weighted by Gasteiger charge is 2.08. The molecule has 0 aliphatic carbocycles. The van der Waals surface area contributed by atoms with Crippen molar-refractivity contribution in [1.82, 2.24) is 4.98 Å². The van der Waals surface area contributed by atoms with Crippen LogP contribution in [0.25, 0.3) is 0 Å². The van der Waals surface area contributed by atoms with Crippen LogP contribution in [0.15, 0.2) is 18.3 Å². The topological polar surface area (TPSA) is 60.5 Å². The van der Waals surface area contributed by atoms with E-state index in [1.807, 2.05) is 13.8 Å².